The summed E-state index contributed by atoms with van der Waals surface area (Å²) in [6, 6.07) is 98.2. The number of anilines is 3. The standard InChI is InChI=1S/C75H55N/c1-73(2)65-30-16-12-22-55(65)59-44-42-53(46-69(59)73)76(54-43-45-60-56-23-13-17-31-66(56)74(3,4)70(60)47-54)52-40-36-49(37-41-52)72-63-28-10-8-26-61(63)71(62-27-9-11-29-64(62)72)48-34-38-51(39-35-48)75(50-20-6-5-7-21-50)67-32-18-14-24-57(67)58-25-15-19-33-68(58)75/h5-47H,1-4H3. The number of rotatable bonds is 7. The van der Waals surface area contributed by atoms with E-state index >= 15 is 0 Å². The normalized spacial score (nSPS) is 14.6. The minimum atomic E-state index is -0.450. The van der Waals surface area contributed by atoms with Gasteiger partial charge in [0.05, 0.1) is 5.41 Å². The van der Waals surface area contributed by atoms with Crippen LogP contribution in [0.15, 0.2) is 261 Å². The minimum Gasteiger partial charge on any atom is -0.310 e. The van der Waals surface area contributed by atoms with Gasteiger partial charge in [0, 0.05) is 27.9 Å². The molecule has 0 aromatic heterocycles. The lowest BCUT2D eigenvalue weighted by atomic mass is 9.67. The summed E-state index contributed by atoms with van der Waals surface area (Å²) < 4.78 is 0. The number of nitrogens with zero attached hydrogens (tertiary/aromatic N) is 1. The molecule has 0 heterocycles. The molecule has 3 aliphatic carbocycles. The molecular formula is C75H55N. The molecule has 0 fully saturated rings. The second-order valence-electron chi connectivity index (χ2n) is 22.3. The predicted molar refractivity (Wildman–Crippen MR) is 319 cm³/mol. The largest absolute Gasteiger partial charge is 0.310 e. The Bertz CT molecular complexity index is 4120. The molecule has 0 saturated carbocycles. The molecule has 76 heavy (non-hydrogen) atoms. The van der Waals surface area contributed by atoms with E-state index in [1.807, 2.05) is 0 Å². The highest BCUT2D eigenvalue weighted by Crippen LogP contribution is 2.57. The lowest BCUT2D eigenvalue weighted by molar-refractivity contribution is 0.660. The van der Waals surface area contributed by atoms with Gasteiger partial charge in [-0.3, -0.25) is 0 Å². The van der Waals surface area contributed by atoms with Gasteiger partial charge in [-0.15, -0.1) is 0 Å². The van der Waals surface area contributed by atoms with Gasteiger partial charge in [0.15, 0.2) is 0 Å². The second kappa shape index (κ2) is 16.5. The topological polar surface area (TPSA) is 3.24 Å². The fourth-order valence-electron chi connectivity index (χ4n) is 14.2. The Morgan fingerprint density at radius 1 is 0.250 bits per heavy atom. The molecule has 360 valence electrons. The van der Waals surface area contributed by atoms with Gasteiger partial charge < -0.3 is 4.90 Å². The molecule has 15 rings (SSSR count). The highest BCUT2D eigenvalue weighted by molar-refractivity contribution is 6.21. The Kier molecular flexibility index (Phi) is 9.64. The summed E-state index contributed by atoms with van der Waals surface area (Å²) in [5, 5.41) is 4.97. The second-order valence-corrected chi connectivity index (χ2v) is 22.3. The van der Waals surface area contributed by atoms with Crippen LogP contribution in [-0.4, -0.2) is 0 Å². The summed E-state index contributed by atoms with van der Waals surface area (Å²) in [5.41, 5.74) is 26.2. The number of fused-ring (bicyclic) bond motifs is 11. The van der Waals surface area contributed by atoms with E-state index in [1.165, 1.54) is 122 Å². The van der Waals surface area contributed by atoms with Crippen LogP contribution < -0.4 is 4.90 Å². The molecule has 3 aliphatic rings. The molecule has 12 aromatic carbocycles. The molecule has 0 amide bonds. The number of hydrogen-bond acceptors (Lipinski definition) is 1. The first-order chi connectivity index (χ1) is 37.2. The highest BCUT2D eigenvalue weighted by atomic mass is 15.1. The SMILES string of the molecule is CC1(C)c2ccccc2-c2ccc(N(c3ccc(-c4c5ccccc5c(-c5ccc(C6(c7ccccc7)c7ccccc7-c7ccccc76)cc5)c5ccccc45)cc3)c3ccc4c(c3)C(C)(C)c3ccccc3-4)cc21. The molecule has 0 bridgehead atoms. The summed E-state index contributed by atoms with van der Waals surface area (Å²) in [6.07, 6.45) is 0. The molecule has 0 aliphatic heterocycles. The summed E-state index contributed by atoms with van der Waals surface area (Å²) in [7, 11) is 0. The maximum absolute atomic E-state index is 2.48. The first kappa shape index (κ1) is 44.4. The van der Waals surface area contributed by atoms with Crippen molar-refractivity contribution < 1.29 is 0 Å². The maximum Gasteiger partial charge on any atom is 0.0713 e. The summed E-state index contributed by atoms with van der Waals surface area (Å²) in [6.45, 7) is 9.50. The number of hydrogen-bond donors (Lipinski definition) is 0. The van der Waals surface area contributed by atoms with Crippen molar-refractivity contribution in [3.05, 3.63) is 305 Å². The van der Waals surface area contributed by atoms with Crippen LogP contribution in [0.5, 0.6) is 0 Å². The van der Waals surface area contributed by atoms with Gasteiger partial charge in [-0.25, -0.2) is 0 Å². The van der Waals surface area contributed by atoms with Gasteiger partial charge in [-0.05, 0) is 158 Å². The van der Waals surface area contributed by atoms with Crippen LogP contribution >= 0.6 is 0 Å². The summed E-state index contributed by atoms with van der Waals surface area (Å²) >= 11 is 0. The maximum atomic E-state index is 2.48. The zero-order valence-electron chi connectivity index (χ0n) is 43.3. The monoisotopic (exact) mass is 969 g/mol. The Morgan fingerprint density at radius 3 is 1.00 bits per heavy atom. The molecule has 1 nitrogen and oxygen atoms in total. The lowest BCUT2D eigenvalue weighted by Gasteiger charge is -2.34. The van der Waals surface area contributed by atoms with Crippen LogP contribution in [0.2, 0.25) is 0 Å². The van der Waals surface area contributed by atoms with Crippen LogP contribution in [0.3, 0.4) is 0 Å². The third kappa shape index (κ3) is 6.20. The quantitative estimate of drug-likeness (QED) is 0.144. The van der Waals surface area contributed by atoms with Gasteiger partial charge in [0.1, 0.15) is 0 Å². The van der Waals surface area contributed by atoms with E-state index < -0.39 is 5.41 Å². The zero-order chi connectivity index (χ0) is 50.9. The van der Waals surface area contributed by atoms with Crippen molar-refractivity contribution in [3.63, 3.8) is 0 Å². The molecule has 0 N–H and O–H groups in total. The van der Waals surface area contributed by atoms with Crippen molar-refractivity contribution in [2.75, 3.05) is 4.90 Å². The average Bonchev–Trinajstić information content (AvgIpc) is 4.00. The number of benzene rings is 12. The Balaban J connectivity index is 0.868. The van der Waals surface area contributed by atoms with Crippen molar-refractivity contribution in [2.45, 2.75) is 43.9 Å². The predicted octanol–water partition coefficient (Wildman–Crippen LogP) is 19.8. The molecule has 0 radical (unpaired) electrons. The van der Waals surface area contributed by atoms with E-state index in [2.05, 4.69) is 293 Å². The van der Waals surface area contributed by atoms with E-state index in [0.717, 1.165) is 17.1 Å². The van der Waals surface area contributed by atoms with E-state index in [1.54, 1.807) is 0 Å². The fraction of sp³-hybridized carbons (Fsp3) is 0.0933. The van der Waals surface area contributed by atoms with Gasteiger partial charge >= 0.3 is 0 Å². The van der Waals surface area contributed by atoms with E-state index in [0.29, 0.717) is 0 Å². The Morgan fingerprint density at radius 2 is 0.566 bits per heavy atom. The smallest absolute Gasteiger partial charge is 0.0713 e. The van der Waals surface area contributed by atoms with Gasteiger partial charge in [-0.1, -0.05) is 252 Å². The first-order valence-corrected chi connectivity index (χ1v) is 26.9. The molecule has 0 spiro atoms. The lowest BCUT2D eigenvalue weighted by Crippen LogP contribution is -2.28. The van der Waals surface area contributed by atoms with Crippen molar-refractivity contribution in [2.24, 2.45) is 0 Å². The van der Waals surface area contributed by atoms with Crippen LogP contribution in [0.1, 0.15) is 72.2 Å². The van der Waals surface area contributed by atoms with Crippen molar-refractivity contribution in [1.82, 2.24) is 0 Å². The van der Waals surface area contributed by atoms with Crippen LogP contribution in [0.25, 0.3) is 77.2 Å². The van der Waals surface area contributed by atoms with Crippen molar-refractivity contribution >= 4 is 38.6 Å². The van der Waals surface area contributed by atoms with E-state index in [9.17, 15) is 0 Å². The van der Waals surface area contributed by atoms with E-state index in [4.69, 9.17) is 0 Å². The fourth-order valence-corrected chi connectivity index (χ4v) is 14.2. The van der Waals surface area contributed by atoms with Crippen molar-refractivity contribution in [3.8, 4) is 55.6 Å². The first-order valence-electron chi connectivity index (χ1n) is 26.9. The third-order valence-corrected chi connectivity index (χ3v) is 17.8. The van der Waals surface area contributed by atoms with Crippen LogP contribution in [0.4, 0.5) is 17.1 Å². The highest BCUT2D eigenvalue weighted by Gasteiger charge is 2.46. The Hall–Kier alpha value is -9.04. The molecule has 0 unspecified atom stereocenters. The van der Waals surface area contributed by atoms with Gasteiger partial charge in [0.2, 0.25) is 0 Å². The van der Waals surface area contributed by atoms with E-state index in [-0.39, 0.29) is 10.8 Å². The molecule has 1 heteroatoms. The summed E-state index contributed by atoms with van der Waals surface area (Å²) in [4.78, 5) is 2.48. The minimum absolute atomic E-state index is 0.131. The van der Waals surface area contributed by atoms with Crippen molar-refractivity contribution in [1.29, 1.82) is 0 Å². The molecule has 0 saturated heterocycles. The average molecular weight is 970 g/mol. The van der Waals surface area contributed by atoms with Gasteiger partial charge in [0.25, 0.3) is 0 Å². The Labute approximate surface area is 446 Å². The zero-order valence-corrected chi connectivity index (χ0v) is 43.3. The molecular weight excluding hydrogens is 915 g/mol. The van der Waals surface area contributed by atoms with Crippen LogP contribution in [-0.2, 0) is 16.2 Å². The summed E-state index contributed by atoms with van der Waals surface area (Å²) in [5.74, 6) is 0. The molecule has 12 aromatic rings. The third-order valence-electron chi connectivity index (χ3n) is 17.8. The van der Waals surface area contributed by atoms with Gasteiger partial charge in [-0.2, -0.15) is 0 Å². The molecule has 0 atom stereocenters. The van der Waals surface area contributed by atoms with Crippen LogP contribution in [0, 0.1) is 0 Å².